The molecule has 4 heteroatoms. The van der Waals surface area contributed by atoms with Crippen molar-refractivity contribution >= 4 is 5.97 Å². The highest BCUT2D eigenvalue weighted by molar-refractivity contribution is 5.92. The van der Waals surface area contributed by atoms with E-state index in [1.54, 1.807) is 13.0 Å². The zero-order chi connectivity index (χ0) is 15.8. The van der Waals surface area contributed by atoms with Crippen LogP contribution < -0.4 is 0 Å². The van der Waals surface area contributed by atoms with Gasteiger partial charge in [0.1, 0.15) is 18.1 Å². The average molecular weight is 305 g/mol. The molecule has 0 spiro atoms. The first kappa shape index (κ1) is 13.8. The summed E-state index contributed by atoms with van der Waals surface area (Å²) >= 11 is 0. The normalized spacial score (nSPS) is 11.9. The Balaban J connectivity index is 1.56. The molecule has 1 aromatic heterocycles. The summed E-state index contributed by atoms with van der Waals surface area (Å²) in [6, 6.07) is 15.8. The van der Waals surface area contributed by atoms with Gasteiger partial charge in [0.15, 0.2) is 0 Å². The van der Waals surface area contributed by atoms with Crippen molar-refractivity contribution in [3.8, 4) is 11.1 Å². The van der Waals surface area contributed by atoms with Crippen LogP contribution in [0, 0.1) is 6.92 Å². The number of hydrogen-bond donors (Lipinski definition) is 0. The molecular formula is C19H15NO3. The number of aromatic nitrogens is 1. The molecule has 0 amide bonds. The fourth-order valence-corrected chi connectivity index (χ4v) is 2.96. The SMILES string of the molecule is Cc1cc(COC(=O)c2ccc3c(c2)-c2ccccc2C3)no1. The lowest BCUT2D eigenvalue weighted by molar-refractivity contribution is 0.0464. The molecule has 1 heterocycles. The maximum atomic E-state index is 12.3. The number of benzene rings is 2. The lowest BCUT2D eigenvalue weighted by Crippen LogP contribution is -2.05. The predicted molar refractivity (Wildman–Crippen MR) is 85.0 cm³/mol. The molecule has 0 N–H and O–H groups in total. The van der Waals surface area contributed by atoms with Crippen molar-refractivity contribution in [2.24, 2.45) is 0 Å². The van der Waals surface area contributed by atoms with Crippen LogP contribution >= 0.6 is 0 Å². The Morgan fingerprint density at radius 1 is 1.13 bits per heavy atom. The summed E-state index contributed by atoms with van der Waals surface area (Å²) in [6.45, 7) is 1.92. The summed E-state index contributed by atoms with van der Waals surface area (Å²) in [5.74, 6) is 0.350. The number of hydrogen-bond acceptors (Lipinski definition) is 4. The van der Waals surface area contributed by atoms with E-state index in [1.807, 2.05) is 30.3 Å². The molecule has 3 aromatic rings. The third kappa shape index (κ3) is 2.52. The van der Waals surface area contributed by atoms with Crippen molar-refractivity contribution in [1.29, 1.82) is 0 Å². The van der Waals surface area contributed by atoms with Crippen LogP contribution in [0.15, 0.2) is 53.1 Å². The number of esters is 1. The highest BCUT2D eigenvalue weighted by atomic mass is 16.5. The molecule has 0 saturated carbocycles. The summed E-state index contributed by atoms with van der Waals surface area (Å²) < 4.78 is 10.3. The highest BCUT2D eigenvalue weighted by Gasteiger charge is 2.20. The van der Waals surface area contributed by atoms with E-state index in [9.17, 15) is 4.79 Å². The van der Waals surface area contributed by atoms with Gasteiger partial charge in [0, 0.05) is 6.07 Å². The topological polar surface area (TPSA) is 52.3 Å². The van der Waals surface area contributed by atoms with Crippen molar-refractivity contribution < 1.29 is 14.1 Å². The molecule has 0 atom stereocenters. The van der Waals surface area contributed by atoms with Gasteiger partial charge in [0.2, 0.25) is 0 Å². The molecule has 1 aliphatic rings. The fourth-order valence-electron chi connectivity index (χ4n) is 2.96. The molecule has 1 aliphatic carbocycles. The Hall–Kier alpha value is -2.88. The number of rotatable bonds is 3. The van der Waals surface area contributed by atoms with Crippen LogP contribution in [0.5, 0.6) is 0 Å². The number of carbonyl (C=O) groups excluding carboxylic acids is 1. The van der Waals surface area contributed by atoms with E-state index in [0.717, 1.165) is 12.0 Å². The molecule has 23 heavy (non-hydrogen) atoms. The summed E-state index contributed by atoms with van der Waals surface area (Å²) in [4.78, 5) is 12.3. The molecule has 0 saturated heterocycles. The number of aryl methyl sites for hydroxylation is 1. The van der Waals surface area contributed by atoms with Gasteiger partial charge < -0.3 is 9.26 Å². The van der Waals surface area contributed by atoms with Gasteiger partial charge in [0.25, 0.3) is 0 Å². The van der Waals surface area contributed by atoms with Crippen LogP contribution in [0.4, 0.5) is 0 Å². The molecule has 4 rings (SSSR count). The Morgan fingerprint density at radius 3 is 2.78 bits per heavy atom. The zero-order valence-corrected chi connectivity index (χ0v) is 12.7. The van der Waals surface area contributed by atoms with Crippen LogP contribution in [0.3, 0.4) is 0 Å². The first-order chi connectivity index (χ1) is 11.2. The molecule has 0 bridgehead atoms. The molecular weight excluding hydrogens is 290 g/mol. The van der Waals surface area contributed by atoms with E-state index >= 15 is 0 Å². The number of fused-ring (bicyclic) bond motifs is 3. The molecule has 114 valence electrons. The molecule has 2 aromatic carbocycles. The van der Waals surface area contributed by atoms with E-state index in [2.05, 4.69) is 17.3 Å². The van der Waals surface area contributed by atoms with E-state index in [0.29, 0.717) is 17.0 Å². The maximum Gasteiger partial charge on any atom is 0.338 e. The van der Waals surface area contributed by atoms with Crippen molar-refractivity contribution in [2.45, 2.75) is 20.0 Å². The Morgan fingerprint density at radius 2 is 1.96 bits per heavy atom. The second-order valence-corrected chi connectivity index (χ2v) is 5.71. The average Bonchev–Trinajstić information content (AvgIpc) is 3.15. The quantitative estimate of drug-likeness (QED) is 0.538. The molecule has 0 radical (unpaired) electrons. The molecule has 0 aliphatic heterocycles. The van der Waals surface area contributed by atoms with Crippen LogP contribution in [0.25, 0.3) is 11.1 Å². The summed E-state index contributed by atoms with van der Waals surface area (Å²) in [7, 11) is 0. The summed E-state index contributed by atoms with van der Waals surface area (Å²) in [5, 5.41) is 3.82. The monoisotopic (exact) mass is 305 g/mol. The third-order valence-electron chi connectivity index (χ3n) is 4.06. The van der Waals surface area contributed by atoms with Crippen molar-refractivity contribution in [3.05, 3.63) is 76.7 Å². The minimum atomic E-state index is -0.349. The first-order valence-corrected chi connectivity index (χ1v) is 7.51. The summed E-state index contributed by atoms with van der Waals surface area (Å²) in [6.07, 6.45) is 0.916. The zero-order valence-electron chi connectivity index (χ0n) is 12.7. The van der Waals surface area contributed by atoms with Gasteiger partial charge in [-0.2, -0.15) is 0 Å². The maximum absolute atomic E-state index is 12.3. The second-order valence-electron chi connectivity index (χ2n) is 5.71. The standard InChI is InChI=1S/C19H15NO3/c1-12-8-16(20-23-12)11-22-19(21)15-7-6-14-9-13-4-2-3-5-17(13)18(14)10-15/h2-8,10H,9,11H2,1H3. The van der Waals surface area contributed by atoms with Crippen LogP contribution in [0.2, 0.25) is 0 Å². The van der Waals surface area contributed by atoms with Gasteiger partial charge in [-0.3, -0.25) is 0 Å². The number of nitrogens with zero attached hydrogens (tertiary/aromatic N) is 1. The predicted octanol–water partition coefficient (Wildman–Crippen LogP) is 3.91. The molecule has 0 fully saturated rings. The van der Waals surface area contributed by atoms with E-state index < -0.39 is 0 Å². The van der Waals surface area contributed by atoms with Crippen LogP contribution in [0.1, 0.15) is 32.9 Å². The van der Waals surface area contributed by atoms with E-state index in [1.165, 1.54) is 16.7 Å². The van der Waals surface area contributed by atoms with E-state index in [-0.39, 0.29) is 12.6 Å². The van der Waals surface area contributed by atoms with Gasteiger partial charge in [0.05, 0.1) is 5.56 Å². The Labute approximate surface area is 133 Å². The van der Waals surface area contributed by atoms with Crippen molar-refractivity contribution in [3.63, 3.8) is 0 Å². The molecule has 4 nitrogen and oxygen atoms in total. The first-order valence-electron chi connectivity index (χ1n) is 7.51. The van der Waals surface area contributed by atoms with E-state index in [4.69, 9.17) is 9.26 Å². The minimum Gasteiger partial charge on any atom is -0.455 e. The highest BCUT2D eigenvalue weighted by Crippen LogP contribution is 2.36. The lowest BCUT2D eigenvalue weighted by atomic mass is 10.0. The number of ether oxygens (including phenoxy) is 1. The lowest BCUT2D eigenvalue weighted by Gasteiger charge is -2.06. The fraction of sp³-hybridized carbons (Fsp3) is 0.158. The number of carbonyl (C=O) groups is 1. The molecule has 0 unspecified atom stereocenters. The largest absolute Gasteiger partial charge is 0.455 e. The minimum absolute atomic E-state index is 0.115. The van der Waals surface area contributed by atoms with Gasteiger partial charge in [-0.25, -0.2) is 4.79 Å². The van der Waals surface area contributed by atoms with Crippen LogP contribution in [-0.4, -0.2) is 11.1 Å². The Bertz CT molecular complexity index is 895. The van der Waals surface area contributed by atoms with Crippen LogP contribution in [-0.2, 0) is 17.8 Å². The van der Waals surface area contributed by atoms with Gasteiger partial charge in [-0.15, -0.1) is 0 Å². The van der Waals surface area contributed by atoms with Gasteiger partial charge >= 0.3 is 5.97 Å². The second kappa shape index (κ2) is 5.39. The smallest absolute Gasteiger partial charge is 0.338 e. The third-order valence-corrected chi connectivity index (χ3v) is 4.06. The summed E-state index contributed by atoms with van der Waals surface area (Å²) in [5.41, 5.74) is 6.03. The van der Waals surface area contributed by atoms with Gasteiger partial charge in [-0.05, 0) is 47.7 Å². The van der Waals surface area contributed by atoms with Crippen molar-refractivity contribution in [1.82, 2.24) is 5.16 Å². The van der Waals surface area contributed by atoms with Crippen molar-refractivity contribution in [2.75, 3.05) is 0 Å². The van der Waals surface area contributed by atoms with Gasteiger partial charge in [-0.1, -0.05) is 35.5 Å². The Kier molecular flexibility index (Phi) is 3.23.